The molecule has 0 unspecified atom stereocenters. The molecule has 0 spiro atoms. The van der Waals surface area contributed by atoms with E-state index in [1.807, 2.05) is 42.9 Å². The van der Waals surface area contributed by atoms with E-state index in [1.54, 1.807) is 0 Å². The van der Waals surface area contributed by atoms with E-state index in [9.17, 15) is 4.79 Å². The van der Waals surface area contributed by atoms with Crippen LogP contribution in [0.15, 0.2) is 28.9 Å². The smallest absolute Gasteiger partial charge is 0.253 e. The van der Waals surface area contributed by atoms with Gasteiger partial charge in [-0.3, -0.25) is 4.79 Å². The van der Waals surface area contributed by atoms with Crippen molar-refractivity contribution in [3.05, 3.63) is 34.4 Å². The van der Waals surface area contributed by atoms with E-state index in [-0.39, 0.29) is 5.91 Å². The second-order valence-corrected chi connectivity index (χ2v) is 4.99. The SMILES string of the molecule is CCCNC(=O)c1cn(C)c2ccc(Br)cc12. The number of aryl methyl sites for hydroxylation is 1. The number of amides is 1. The monoisotopic (exact) mass is 294 g/mol. The molecule has 0 bridgehead atoms. The van der Waals surface area contributed by atoms with E-state index < -0.39 is 0 Å². The number of benzene rings is 1. The average Bonchev–Trinajstić information content (AvgIpc) is 2.63. The molecule has 4 heteroatoms. The lowest BCUT2D eigenvalue weighted by Gasteiger charge is -2.01. The van der Waals surface area contributed by atoms with Crippen molar-refractivity contribution >= 4 is 32.7 Å². The lowest BCUT2D eigenvalue weighted by Crippen LogP contribution is -2.23. The van der Waals surface area contributed by atoms with Crippen LogP contribution in [-0.4, -0.2) is 17.0 Å². The average molecular weight is 295 g/mol. The third kappa shape index (κ3) is 2.36. The maximum atomic E-state index is 12.0. The van der Waals surface area contributed by atoms with E-state index in [4.69, 9.17) is 0 Å². The number of carbonyl (C=O) groups is 1. The maximum absolute atomic E-state index is 12.0. The van der Waals surface area contributed by atoms with Crippen LogP contribution in [0.4, 0.5) is 0 Å². The third-order valence-electron chi connectivity index (χ3n) is 2.73. The van der Waals surface area contributed by atoms with Crippen LogP contribution in [0, 0.1) is 0 Å². The zero-order chi connectivity index (χ0) is 12.4. The predicted octanol–water partition coefficient (Wildman–Crippen LogP) is 3.08. The number of aromatic nitrogens is 1. The van der Waals surface area contributed by atoms with Gasteiger partial charge in [-0.1, -0.05) is 22.9 Å². The quantitative estimate of drug-likeness (QED) is 0.927. The summed E-state index contributed by atoms with van der Waals surface area (Å²) in [5, 5.41) is 3.89. The molecule has 0 atom stereocenters. The zero-order valence-corrected chi connectivity index (χ0v) is 11.5. The second-order valence-electron chi connectivity index (χ2n) is 4.07. The number of halogens is 1. The van der Waals surface area contributed by atoms with E-state index in [0.29, 0.717) is 6.54 Å². The van der Waals surface area contributed by atoms with Gasteiger partial charge in [-0.2, -0.15) is 0 Å². The molecule has 1 aromatic heterocycles. The molecule has 2 aromatic rings. The van der Waals surface area contributed by atoms with Crippen molar-refractivity contribution in [1.29, 1.82) is 0 Å². The molecule has 17 heavy (non-hydrogen) atoms. The zero-order valence-electron chi connectivity index (χ0n) is 9.96. The van der Waals surface area contributed by atoms with Crippen LogP contribution < -0.4 is 5.32 Å². The normalized spacial score (nSPS) is 10.8. The topological polar surface area (TPSA) is 34.0 Å². The molecule has 0 aliphatic rings. The minimum absolute atomic E-state index is 0.00412. The molecule has 1 N–H and O–H groups in total. The largest absolute Gasteiger partial charge is 0.352 e. The Morgan fingerprint density at radius 3 is 2.94 bits per heavy atom. The molecule has 1 amide bonds. The summed E-state index contributed by atoms with van der Waals surface area (Å²) in [5.41, 5.74) is 1.80. The van der Waals surface area contributed by atoms with Crippen molar-refractivity contribution in [2.45, 2.75) is 13.3 Å². The Morgan fingerprint density at radius 1 is 1.47 bits per heavy atom. The van der Waals surface area contributed by atoms with Crippen LogP contribution in [0.5, 0.6) is 0 Å². The van der Waals surface area contributed by atoms with Gasteiger partial charge >= 0.3 is 0 Å². The van der Waals surface area contributed by atoms with Crippen LogP contribution >= 0.6 is 15.9 Å². The van der Waals surface area contributed by atoms with Crippen LogP contribution in [0.25, 0.3) is 10.9 Å². The first kappa shape index (κ1) is 12.2. The summed E-state index contributed by atoms with van der Waals surface area (Å²) in [6.07, 6.45) is 2.82. The van der Waals surface area contributed by atoms with Crippen LogP contribution in [0.1, 0.15) is 23.7 Å². The van der Waals surface area contributed by atoms with Gasteiger partial charge in [0.05, 0.1) is 5.56 Å². The van der Waals surface area contributed by atoms with Crippen LogP contribution in [0.3, 0.4) is 0 Å². The molecule has 0 aliphatic heterocycles. The third-order valence-corrected chi connectivity index (χ3v) is 3.22. The molecule has 0 saturated heterocycles. The Kier molecular flexibility index (Phi) is 3.52. The Labute approximate surface area is 109 Å². The van der Waals surface area contributed by atoms with E-state index in [1.165, 1.54) is 0 Å². The summed E-state index contributed by atoms with van der Waals surface area (Å²) in [4.78, 5) is 12.0. The highest BCUT2D eigenvalue weighted by molar-refractivity contribution is 9.10. The number of fused-ring (bicyclic) bond motifs is 1. The summed E-state index contributed by atoms with van der Waals surface area (Å²) in [5.74, 6) is -0.00412. The highest BCUT2D eigenvalue weighted by atomic mass is 79.9. The lowest BCUT2D eigenvalue weighted by atomic mass is 10.1. The van der Waals surface area contributed by atoms with Crippen molar-refractivity contribution in [3.8, 4) is 0 Å². The highest BCUT2D eigenvalue weighted by Gasteiger charge is 2.13. The standard InChI is InChI=1S/C13H15BrN2O/c1-3-6-15-13(17)11-8-16(2)12-5-4-9(14)7-10(11)12/h4-5,7-8H,3,6H2,1-2H3,(H,15,17). The Morgan fingerprint density at radius 2 is 2.24 bits per heavy atom. The van der Waals surface area contributed by atoms with Gasteiger partial charge in [0.1, 0.15) is 0 Å². The Hall–Kier alpha value is -1.29. The van der Waals surface area contributed by atoms with Gasteiger partial charge in [0.25, 0.3) is 5.91 Å². The summed E-state index contributed by atoms with van der Waals surface area (Å²) >= 11 is 3.44. The number of carbonyl (C=O) groups excluding carboxylic acids is 1. The lowest BCUT2D eigenvalue weighted by molar-refractivity contribution is 0.0955. The molecule has 0 fully saturated rings. The number of hydrogen-bond acceptors (Lipinski definition) is 1. The molecule has 0 saturated carbocycles. The van der Waals surface area contributed by atoms with Crippen molar-refractivity contribution in [3.63, 3.8) is 0 Å². The van der Waals surface area contributed by atoms with Gasteiger partial charge in [-0.05, 0) is 24.6 Å². The first-order chi connectivity index (χ1) is 8.13. The first-order valence-electron chi connectivity index (χ1n) is 5.66. The number of nitrogens with one attached hydrogen (secondary N) is 1. The fraction of sp³-hybridized carbons (Fsp3) is 0.308. The Bertz CT molecular complexity index is 560. The summed E-state index contributed by atoms with van der Waals surface area (Å²) < 4.78 is 2.96. The van der Waals surface area contributed by atoms with Gasteiger partial charge in [0, 0.05) is 35.2 Å². The molecule has 1 heterocycles. The van der Waals surface area contributed by atoms with Gasteiger partial charge in [0.2, 0.25) is 0 Å². The van der Waals surface area contributed by atoms with Gasteiger partial charge in [-0.25, -0.2) is 0 Å². The molecular formula is C13H15BrN2O. The van der Waals surface area contributed by atoms with Crippen molar-refractivity contribution < 1.29 is 4.79 Å². The molecule has 0 radical (unpaired) electrons. The number of hydrogen-bond donors (Lipinski definition) is 1. The molecule has 90 valence electrons. The van der Waals surface area contributed by atoms with Crippen LogP contribution in [-0.2, 0) is 7.05 Å². The molecular weight excluding hydrogens is 280 g/mol. The van der Waals surface area contributed by atoms with E-state index >= 15 is 0 Å². The summed E-state index contributed by atoms with van der Waals surface area (Å²) in [7, 11) is 1.95. The minimum Gasteiger partial charge on any atom is -0.352 e. The fourth-order valence-corrected chi connectivity index (χ4v) is 2.24. The number of nitrogens with zero attached hydrogens (tertiary/aromatic N) is 1. The van der Waals surface area contributed by atoms with Gasteiger partial charge < -0.3 is 9.88 Å². The van der Waals surface area contributed by atoms with Crippen LogP contribution in [0.2, 0.25) is 0 Å². The van der Waals surface area contributed by atoms with Crippen molar-refractivity contribution in [2.24, 2.45) is 7.05 Å². The first-order valence-corrected chi connectivity index (χ1v) is 6.45. The Balaban J connectivity index is 2.46. The number of rotatable bonds is 3. The molecule has 0 aliphatic carbocycles. The van der Waals surface area contributed by atoms with E-state index in [0.717, 1.165) is 27.4 Å². The minimum atomic E-state index is -0.00412. The summed E-state index contributed by atoms with van der Waals surface area (Å²) in [6.45, 7) is 2.75. The van der Waals surface area contributed by atoms with Gasteiger partial charge in [0.15, 0.2) is 0 Å². The van der Waals surface area contributed by atoms with Gasteiger partial charge in [-0.15, -0.1) is 0 Å². The molecule has 2 rings (SSSR count). The van der Waals surface area contributed by atoms with Crippen molar-refractivity contribution in [1.82, 2.24) is 9.88 Å². The van der Waals surface area contributed by atoms with E-state index in [2.05, 4.69) is 21.2 Å². The van der Waals surface area contributed by atoms with Crippen molar-refractivity contribution in [2.75, 3.05) is 6.54 Å². The molecule has 1 aromatic carbocycles. The maximum Gasteiger partial charge on any atom is 0.253 e. The highest BCUT2D eigenvalue weighted by Crippen LogP contribution is 2.24. The fourth-order valence-electron chi connectivity index (χ4n) is 1.88. The predicted molar refractivity (Wildman–Crippen MR) is 73.2 cm³/mol. The molecule has 3 nitrogen and oxygen atoms in total. The summed E-state index contributed by atoms with van der Waals surface area (Å²) in [6, 6.07) is 5.97. The second kappa shape index (κ2) is 4.92.